The average molecular weight is 272 g/mol. The summed E-state index contributed by atoms with van der Waals surface area (Å²) in [6.45, 7) is 3.58. The number of hydrogen-bond donors (Lipinski definition) is 2. The molecule has 0 aliphatic carbocycles. The molecule has 1 atom stereocenters. The Morgan fingerprint density at radius 3 is 2.61 bits per heavy atom. The number of benzene rings is 1. The van der Waals surface area contributed by atoms with E-state index < -0.39 is 16.9 Å². The fraction of sp³-hybridized carbons (Fsp3) is 0.364. The topological polar surface area (TPSA) is 98.3 Å². The molecule has 98 valence electrons. The van der Waals surface area contributed by atoms with Gasteiger partial charge in [-0.15, -0.1) is 0 Å². The minimum atomic E-state index is -0.733. The van der Waals surface area contributed by atoms with Gasteiger partial charge in [-0.25, -0.2) is 0 Å². The monoisotopic (exact) mass is 271 g/mol. The molecule has 1 amide bonds. The summed E-state index contributed by atoms with van der Waals surface area (Å²) in [6.07, 6.45) is 0. The van der Waals surface area contributed by atoms with Gasteiger partial charge in [0.15, 0.2) is 0 Å². The van der Waals surface area contributed by atoms with E-state index in [9.17, 15) is 14.9 Å². The van der Waals surface area contributed by atoms with Gasteiger partial charge in [0.1, 0.15) is 5.69 Å². The number of anilines is 1. The number of nitrogens with two attached hydrogens (primary N) is 1. The standard InChI is InChI=1S/C11H14ClN3O3/c1-6(2)10(13)11(16)14-8-5-7(12)3-4-9(8)15(17)18/h3-6,10H,13H2,1-2H3,(H,14,16)/t10-/m0/s1. The predicted octanol–water partition coefficient (Wildman–Crippen LogP) is 2.17. The molecule has 1 rings (SSSR count). The largest absolute Gasteiger partial charge is 0.320 e. The highest BCUT2D eigenvalue weighted by atomic mass is 35.5. The molecule has 0 saturated carbocycles. The second-order valence-corrected chi connectivity index (χ2v) is 4.61. The summed E-state index contributed by atoms with van der Waals surface area (Å²) in [7, 11) is 0. The molecule has 0 unspecified atom stereocenters. The average Bonchev–Trinajstić information content (AvgIpc) is 2.27. The van der Waals surface area contributed by atoms with Crippen molar-refractivity contribution in [3.63, 3.8) is 0 Å². The van der Waals surface area contributed by atoms with Crippen LogP contribution in [-0.4, -0.2) is 16.9 Å². The van der Waals surface area contributed by atoms with E-state index in [0.717, 1.165) is 0 Å². The molecule has 0 heterocycles. The van der Waals surface area contributed by atoms with Crippen LogP contribution in [0.25, 0.3) is 0 Å². The van der Waals surface area contributed by atoms with Gasteiger partial charge in [-0.2, -0.15) is 0 Å². The maximum atomic E-state index is 11.7. The van der Waals surface area contributed by atoms with Crippen molar-refractivity contribution in [2.45, 2.75) is 19.9 Å². The number of nitro groups is 1. The molecule has 1 aromatic rings. The Kier molecular flexibility index (Phi) is 4.63. The Morgan fingerprint density at radius 1 is 1.50 bits per heavy atom. The lowest BCUT2D eigenvalue weighted by molar-refractivity contribution is -0.383. The van der Waals surface area contributed by atoms with E-state index in [1.54, 1.807) is 13.8 Å². The quantitative estimate of drug-likeness (QED) is 0.647. The van der Waals surface area contributed by atoms with Crippen LogP contribution in [0.2, 0.25) is 5.02 Å². The van der Waals surface area contributed by atoms with Gasteiger partial charge in [0, 0.05) is 11.1 Å². The zero-order chi connectivity index (χ0) is 13.9. The van der Waals surface area contributed by atoms with Gasteiger partial charge in [-0.1, -0.05) is 25.4 Å². The predicted molar refractivity (Wildman–Crippen MR) is 69.5 cm³/mol. The van der Waals surface area contributed by atoms with E-state index in [0.29, 0.717) is 5.02 Å². The van der Waals surface area contributed by atoms with Crippen molar-refractivity contribution in [3.05, 3.63) is 33.3 Å². The van der Waals surface area contributed by atoms with Crippen LogP contribution in [0.5, 0.6) is 0 Å². The highest BCUT2D eigenvalue weighted by Gasteiger charge is 2.21. The first-order valence-corrected chi connectivity index (χ1v) is 5.71. The van der Waals surface area contributed by atoms with Crippen molar-refractivity contribution in [2.24, 2.45) is 11.7 Å². The van der Waals surface area contributed by atoms with Gasteiger partial charge in [0.2, 0.25) is 5.91 Å². The van der Waals surface area contributed by atoms with Gasteiger partial charge < -0.3 is 11.1 Å². The summed E-state index contributed by atoms with van der Waals surface area (Å²) < 4.78 is 0. The van der Waals surface area contributed by atoms with E-state index in [1.165, 1.54) is 18.2 Å². The summed E-state index contributed by atoms with van der Waals surface area (Å²) in [4.78, 5) is 21.9. The van der Waals surface area contributed by atoms with Crippen LogP contribution in [0.3, 0.4) is 0 Å². The van der Waals surface area contributed by atoms with E-state index in [-0.39, 0.29) is 17.3 Å². The number of carbonyl (C=O) groups excluding carboxylic acids is 1. The number of carbonyl (C=O) groups is 1. The third-order valence-corrected chi connectivity index (χ3v) is 2.67. The highest BCUT2D eigenvalue weighted by Crippen LogP contribution is 2.27. The molecule has 0 aromatic heterocycles. The molecule has 3 N–H and O–H groups in total. The Morgan fingerprint density at radius 2 is 2.11 bits per heavy atom. The number of halogens is 1. The Bertz CT molecular complexity index is 477. The fourth-order valence-electron chi connectivity index (χ4n) is 1.29. The molecule has 0 fully saturated rings. The summed E-state index contributed by atoms with van der Waals surface area (Å²) in [5.41, 5.74) is 5.49. The SMILES string of the molecule is CC(C)[C@H](N)C(=O)Nc1cc(Cl)ccc1[N+](=O)[O-]. The molecule has 0 bridgehead atoms. The number of nitro benzene ring substituents is 1. The molecule has 7 heteroatoms. The molecule has 0 aliphatic heterocycles. The Hall–Kier alpha value is -1.66. The Balaban J connectivity index is 2.99. The Labute approximate surface area is 109 Å². The van der Waals surface area contributed by atoms with Crippen molar-refractivity contribution in [2.75, 3.05) is 5.32 Å². The van der Waals surface area contributed by atoms with Crippen molar-refractivity contribution in [3.8, 4) is 0 Å². The summed E-state index contributed by atoms with van der Waals surface area (Å²) in [6, 6.07) is 3.21. The lowest BCUT2D eigenvalue weighted by Gasteiger charge is -2.15. The first-order valence-electron chi connectivity index (χ1n) is 5.33. The van der Waals surface area contributed by atoms with Crippen LogP contribution in [0.1, 0.15) is 13.8 Å². The maximum Gasteiger partial charge on any atom is 0.292 e. The van der Waals surface area contributed by atoms with Gasteiger partial charge in [0.05, 0.1) is 11.0 Å². The number of nitrogens with one attached hydrogen (secondary N) is 1. The minimum Gasteiger partial charge on any atom is -0.320 e. The third-order valence-electron chi connectivity index (χ3n) is 2.43. The van der Waals surface area contributed by atoms with Crippen LogP contribution in [-0.2, 0) is 4.79 Å². The zero-order valence-electron chi connectivity index (χ0n) is 10.0. The van der Waals surface area contributed by atoms with Gasteiger partial charge >= 0.3 is 0 Å². The van der Waals surface area contributed by atoms with Crippen molar-refractivity contribution in [1.82, 2.24) is 0 Å². The molecule has 6 nitrogen and oxygen atoms in total. The summed E-state index contributed by atoms with van der Waals surface area (Å²) in [5, 5.41) is 13.5. The van der Waals surface area contributed by atoms with Crippen molar-refractivity contribution < 1.29 is 9.72 Å². The molecule has 0 spiro atoms. The first-order chi connectivity index (χ1) is 8.32. The lowest BCUT2D eigenvalue weighted by atomic mass is 10.0. The molecule has 0 aliphatic rings. The minimum absolute atomic E-state index is 0.0496. The zero-order valence-corrected chi connectivity index (χ0v) is 10.8. The van der Waals surface area contributed by atoms with E-state index in [2.05, 4.69) is 5.32 Å². The smallest absolute Gasteiger partial charge is 0.292 e. The molecular weight excluding hydrogens is 258 g/mol. The lowest BCUT2D eigenvalue weighted by Crippen LogP contribution is -2.39. The fourth-order valence-corrected chi connectivity index (χ4v) is 1.46. The van der Waals surface area contributed by atoms with E-state index in [4.69, 9.17) is 17.3 Å². The van der Waals surface area contributed by atoms with Crippen LogP contribution in [0.15, 0.2) is 18.2 Å². The number of hydrogen-bond acceptors (Lipinski definition) is 4. The number of nitrogens with zero attached hydrogens (tertiary/aromatic N) is 1. The normalized spacial score (nSPS) is 12.3. The molecular formula is C11H14ClN3O3. The van der Waals surface area contributed by atoms with E-state index >= 15 is 0 Å². The van der Waals surface area contributed by atoms with Crippen molar-refractivity contribution in [1.29, 1.82) is 0 Å². The van der Waals surface area contributed by atoms with Gasteiger partial charge in [-0.05, 0) is 18.1 Å². The molecule has 0 radical (unpaired) electrons. The first kappa shape index (κ1) is 14.4. The van der Waals surface area contributed by atoms with Crippen LogP contribution >= 0.6 is 11.6 Å². The van der Waals surface area contributed by atoms with Gasteiger partial charge in [0.25, 0.3) is 5.69 Å². The van der Waals surface area contributed by atoms with E-state index in [1.807, 2.05) is 0 Å². The molecule has 0 saturated heterocycles. The third kappa shape index (κ3) is 3.41. The highest BCUT2D eigenvalue weighted by molar-refractivity contribution is 6.31. The van der Waals surface area contributed by atoms with Gasteiger partial charge in [-0.3, -0.25) is 14.9 Å². The van der Waals surface area contributed by atoms with Crippen LogP contribution < -0.4 is 11.1 Å². The number of rotatable bonds is 4. The summed E-state index contributed by atoms with van der Waals surface area (Å²) >= 11 is 5.74. The van der Waals surface area contributed by atoms with Crippen LogP contribution in [0.4, 0.5) is 11.4 Å². The second-order valence-electron chi connectivity index (χ2n) is 4.18. The van der Waals surface area contributed by atoms with Crippen molar-refractivity contribution >= 4 is 28.9 Å². The maximum absolute atomic E-state index is 11.7. The molecule has 18 heavy (non-hydrogen) atoms. The summed E-state index contributed by atoms with van der Waals surface area (Å²) in [5.74, 6) is -0.543. The molecule has 1 aromatic carbocycles. The van der Waals surface area contributed by atoms with Crippen LogP contribution in [0, 0.1) is 16.0 Å². The number of amides is 1. The second kappa shape index (κ2) is 5.79.